The average molecular weight is 1520 g/mol. The highest BCUT2D eigenvalue weighted by Gasteiger charge is 2.21. The predicted molar refractivity (Wildman–Crippen MR) is 434 cm³/mol. The van der Waals surface area contributed by atoms with Crippen LogP contribution in [0.5, 0.6) is 57.5 Å². The Bertz CT molecular complexity index is 6400. The SMILES string of the molecule is N#Cc1c(F)cccc1Oc1cc2ccccc2cc1C(=O)Cc1cccc2ccccc12.N#Cc1c(F)cccc1Oc1ccc(-c2ccccc2)cc1.N#Cc1c(F)cccc1Oc1cccc(Cc2ccccc2)c1.N#Cc1c(F)cccc1Oc1cccc(N)c1.N#Cc1c(F)cccc1Oc1cccc2ccccc12. The molecule has 0 fully saturated rings. The van der Waals surface area contributed by atoms with E-state index in [1.807, 2.05) is 206 Å². The summed E-state index contributed by atoms with van der Waals surface area (Å²) in [6.45, 7) is 0. The molecule has 0 aliphatic carbocycles. The fourth-order valence-electron chi connectivity index (χ4n) is 12.1. The molecule has 16 aromatic rings. The number of ether oxygens (including phenoxy) is 5. The van der Waals surface area contributed by atoms with Gasteiger partial charge in [0.1, 0.15) is 145 Å². The van der Waals surface area contributed by atoms with Crippen LogP contribution < -0.4 is 29.4 Å². The second-order valence-corrected chi connectivity index (χ2v) is 25.3. The number of rotatable bonds is 16. The molecule has 17 heteroatoms. The van der Waals surface area contributed by atoms with Crippen LogP contribution in [0.4, 0.5) is 27.6 Å². The van der Waals surface area contributed by atoms with Crippen molar-refractivity contribution in [2.75, 3.05) is 5.73 Å². The van der Waals surface area contributed by atoms with Crippen molar-refractivity contribution in [3.63, 3.8) is 0 Å². The number of nitriles is 5. The predicted octanol–water partition coefficient (Wildman–Crippen LogP) is 25.2. The molecule has 0 saturated carbocycles. The highest BCUT2D eigenvalue weighted by molar-refractivity contribution is 6.05. The zero-order valence-electron chi connectivity index (χ0n) is 61.0. The van der Waals surface area contributed by atoms with Gasteiger partial charge in [0, 0.05) is 23.6 Å². The average Bonchev–Trinajstić information content (AvgIpc) is 0.784. The first-order chi connectivity index (χ1) is 56.2. The number of nitrogens with two attached hydrogens (primary N) is 1. The molecule has 115 heavy (non-hydrogen) atoms. The van der Waals surface area contributed by atoms with Gasteiger partial charge < -0.3 is 29.4 Å². The molecule has 0 amide bonds. The zero-order chi connectivity index (χ0) is 80.4. The molecule has 16 aromatic carbocycles. The number of halogens is 5. The number of ketones is 1. The Kier molecular flexibility index (Phi) is 26.1. The lowest BCUT2D eigenvalue weighted by atomic mass is 9.96. The number of nitrogens with zero attached hydrogens (tertiary/aromatic N) is 5. The van der Waals surface area contributed by atoms with E-state index < -0.39 is 29.1 Å². The van der Waals surface area contributed by atoms with Gasteiger partial charge in [0.25, 0.3) is 0 Å². The van der Waals surface area contributed by atoms with Crippen LogP contribution in [0.2, 0.25) is 0 Å². The molecular weight excluding hydrogens is 1450 g/mol. The molecule has 0 bridgehead atoms. The van der Waals surface area contributed by atoms with Gasteiger partial charge in [-0.25, -0.2) is 22.0 Å². The molecular formula is C98H63F5N6O6. The molecule has 0 unspecified atom stereocenters. The lowest BCUT2D eigenvalue weighted by Gasteiger charge is -2.14. The van der Waals surface area contributed by atoms with Crippen molar-refractivity contribution in [2.45, 2.75) is 12.8 Å². The first-order valence-corrected chi connectivity index (χ1v) is 35.6. The fourth-order valence-corrected chi connectivity index (χ4v) is 12.1. The fraction of sp³-hybridized carbons (Fsp3) is 0.0204. The van der Waals surface area contributed by atoms with E-state index in [9.17, 15) is 32.0 Å². The summed E-state index contributed by atoms with van der Waals surface area (Å²) in [7, 11) is 0. The van der Waals surface area contributed by atoms with Gasteiger partial charge in [-0.15, -0.1) is 0 Å². The van der Waals surface area contributed by atoms with Crippen molar-refractivity contribution in [1.82, 2.24) is 0 Å². The number of hydrogen-bond donors (Lipinski definition) is 1. The van der Waals surface area contributed by atoms with Gasteiger partial charge in [0.05, 0.1) is 5.56 Å². The molecule has 0 aliphatic rings. The number of carbonyl (C=O) groups excluding carboxylic acids is 1. The summed E-state index contributed by atoms with van der Waals surface area (Å²) in [6.07, 6.45) is 0.969. The number of nitrogen functional groups attached to an aromatic ring is 1. The van der Waals surface area contributed by atoms with Crippen LogP contribution in [-0.4, -0.2) is 5.78 Å². The number of benzene rings is 16. The minimum Gasteiger partial charge on any atom is -0.456 e. The molecule has 0 atom stereocenters. The van der Waals surface area contributed by atoms with E-state index in [1.54, 1.807) is 84.9 Å². The molecule has 0 heterocycles. The van der Waals surface area contributed by atoms with E-state index in [4.69, 9.17) is 50.5 Å². The van der Waals surface area contributed by atoms with Crippen LogP contribution in [0.1, 0.15) is 54.9 Å². The van der Waals surface area contributed by atoms with E-state index in [-0.39, 0.29) is 68.8 Å². The van der Waals surface area contributed by atoms with Gasteiger partial charge >= 0.3 is 0 Å². The monoisotopic (exact) mass is 1510 g/mol. The van der Waals surface area contributed by atoms with Gasteiger partial charge in [-0.05, 0) is 176 Å². The largest absolute Gasteiger partial charge is 0.456 e. The van der Waals surface area contributed by atoms with E-state index in [1.165, 1.54) is 78.4 Å². The van der Waals surface area contributed by atoms with Crippen molar-refractivity contribution < 1.29 is 50.4 Å². The maximum atomic E-state index is 14.1. The third-order valence-corrected chi connectivity index (χ3v) is 17.7. The standard InChI is InChI=1S/C29H18FNO2.C20H14FNO.C19H12FNO.C17H10FNO.C13H9FN2O/c30-26-13-6-14-28(25(26)18-31)33-29-17-21-9-2-1-8-20(21)15-24(29)27(32)16-22-11-5-10-19-7-3-4-12-23(19)22;21-19-10-5-11-20(18(19)14-22)23-17-9-4-8-16(13-17)12-15-6-2-1-3-7-15;20-18-7-4-8-19(17(18)13-21)22-16-11-9-15(10-12-16)14-5-2-1-3-6-14;18-15-8-4-10-17(14(15)11-19)20-16-9-3-6-12-5-1-2-7-13(12)16;14-12-5-2-6-13(11(12)8-15)17-10-4-1-3-9(16)7-10/h1-15,17H,16H2;1-11,13H,12H2;1-12H;1-10H;1-7H,16H2. The molecule has 0 spiro atoms. The summed E-state index contributed by atoms with van der Waals surface area (Å²) in [6, 6.07) is 111. The maximum Gasteiger partial charge on any atom is 0.171 e. The van der Waals surface area contributed by atoms with E-state index >= 15 is 0 Å². The lowest BCUT2D eigenvalue weighted by Crippen LogP contribution is -2.07. The molecule has 0 saturated heterocycles. The number of carbonyl (C=O) groups is 1. The first kappa shape index (κ1) is 78.5. The minimum absolute atomic E-state index is 0.0759. The van der Waals surface area contributed by atoms with Crippen molar-refractivity contribution in [3.05, 3.63) is 425 Å². The first-order valence-electron chi connectivity index (χ1n) is 35.6. The zero-order valence-corrected chi connectivity index (χ0v) is 61.0. The van der Waals surface area contributed by atoms with E-state index in [0.29, 0.717) is 40.0 Å². The Morgan fingerprint density at radius 3 is 1.15 bits per heavy atom. The number of Topliss-reactive ketones (excluding diaryl/α,β-unsaturated/α-hetero) is 1. The van der Waals surface area contributed by atoms with Gasteiger partial charge in [-0.2, -0.15) is 26.3 Å². The van der Waals surface area contributed by atoms with Crippen LogP contribution in [-0.2, 0) is 12.8 Å². The maximum absolute atomic E-state index is 14.1. The summed E-state index contributed by atoms with van der Waals surface area (Å²) in [4.78, 5) is 13.5. The van der Waals surface area contributed by atoms with Crippen LogP contribution in [0, 0.1) is 85.7 Å². The molecule has 2 N–H and O–H groups in total. The summed E-state index contributed by atoms with van der Waals surface area (Å²) in [5.41, 5.74) is 11.3. The molecule has 16 rings (SSSR count). The molecule has 0 aliphatic heterocycles. The summed E-state index contributed by atoms with van der Waals surface area (Å²) in [5.74, 6) is 0.292. The molecule has 0 radical (unpaired) electrons. The minimum atomic E-state index is -0.667. The Labute approximate surface area is 659 Å². The number of fused-ring (bicyclic) bond motifs is 3. The Morgan fingerprint density at radius 2 is 0.643 bits per heavy atom. The third-order valence-electron chi connectivity index (χ3n) is 17.7. The van der Waals surface area contributed by atoms with E-state index in [2.05, 4.69) is 12.1 Å². The van der Waals surface area contributed by atoms with Gasteiger partial charge in [-0.1, -0.05) is 224 Å². The molecule has 0 aromatic heterocycles. The lowest BCUT2D eigenvalue weighted by molar-refractivity contribution is 0.0991. The van der Waals surface area contributed by atoms with Crippen LogP contribution in [0.15, 0.2) is 346 Å². The van der Waals surface area contributed by atoms with Crippen LogP contribution in [0.25, 0.3) is 43.4 Å². The normalized spacial score (nSPS) is 10.2. The Balaban J connectivity index is 0.000000135. The van der Waals surface area contributed by atoms with Crippen molar-refractivity contribution in [3.8, 4) is 99.0 Å². The number of hydrogen-bond acceptors (Lipinski definition) is 12. The Hall–Kier alpha value is -16.1. The third kappa shape index (κ3) is 20.2. The van der Waals surface area contributed by atoms with Gasteiger partial charge in [0.15, 0.2) is 5.78 Å². The topological polar surface area (TPSA) is 208 Å². The van der Waals surface area contributed by atoms with Crippen LogP contribution >= 0.6 is 0 Å². The molecule has 12 nitrogen and oxygen atoms in total. The van der Waals surface area contributed by atoms with Crippen LogP contribution in [0.3, 0.4) is 0 Å². The summed E-state index contributed by atoms with van der Waals surface area (Å²) in [5, 5.41) is 51.1. The van der Waals surface area contributed by atoms with Crippen molar-refractivity contribution in [2.24, 2.45) is 0 Å². The second kappa shape index (κ2) is 38.3. The van der Waals surface area contributed by atoms with E-state index in [0.717, 1.165) is 61.0 Å². The summed E-state index contributed by atoms with van der Waals surface area (Å²) < 4.78 is 96.6. The smallest absolute Gasteiger partial charge is 0.171 e. The number of anilines is 1. The van der Waals surface area contributed by atoms with Gasteiger partial charge in [0.2, 0.25) is 0 Å². The highest BCUT2D eigenvalue weighted by atomic mass is 19.1. The van der Waals surface area contributed by atoms with Crippen molar-refractivity contribution in [1.29, 1.82) is 26.3 Å². The second-order valence-electron chi connectivity index (χ2n) is 25.3. The molecule has 556 valence electrons. The van der Waals surface area contributed by atoms with Crippen molar-refractivity contribution >= 4 is 43.8 Å². The highest BCUT2D eigenvalue weighted by Crippen LogP contribution is 2.37. The Morgan fingerprint density at radius 1 is 0.287 bits per heavy atom. The van der Waals surface area contributed by atoms with Gasteiger partial charge in [-0.3, -0.25) is 4.79 Å². The quantitative estimate of drug-likeness (QED) is 0.0544. The summed E-state index contributed by atoms with van der Waals surface area (Å²) >= 11 is 0.